The van der Waals surface area contributed by atoms with Crippen molar-refractivity contribution in [1.82, 2.24) is 9.80 Å². The van der Waals surface area contributed by atoms with Gasteiger partial charge in [0.25, 0.3) is 5.91 Å². The van der Waals surface area contributed by atoms with Gasteiger partial charge < -0.3 is 4.90 Å². The third-order valence-electron chi connectivity index (χ3n) is 5.97. The number of piperazine rings is 1. The van der Waals surface area contributed by atoms with Crippen molar-refractivity contribution in [2.24, 2.45) is 0 Å². The van der Waals surface area contributed by atoms with Crippen LogP contribution in [0.2, 0.25) is 0 Å². The lowest BCUT2D eigenvalue weighted by molar-refractivity contribution is 0.0650. The van der Waals surface area contributed by atoms with Crippen molar-refractivity contribution in [3.05, 3.63) is 71.3 Å². The smallest absolute Gasteiger partial charge is 0.253 e. The number of nitrogens with zero attached hydrogens (tertiary/aromatic N) is 3. The Balaban J connectivity index is 1.35. The first kappa shape index (κ1) is 21.6. The molecule has 1 unspecified atom stereocenters. The van der Waals surface area contributed by atoms with Crippen molar-refractivity contribution in [2.45, 2.75) is 19.4 Å². The second-order valence-corrected chi connectivity index (χ2v) is 10.2. The Morgan fingerprint density at radius 2 is 1.77 bits per heavy atom. The number of benzene rings is 2. The molecule has 0 N–H and O–H groups in total. The number of fused-ring (bicyclic) bond motifs is 1. The fourth-order valence-corrected chi connectivity index (χ4v) is 5.72. The second-order valence-electron chi connectivity index (χ2n) is 8.36. The van der Waals surface area contributed by atoms with Crippen LogP contribution >= 0.6 is 0 Å². The minimum Gasteiger partial charge on any atom is -0.336 e. The maximum Gasteiger partial charge on any atom is 0.253 e. The van der Waals surface area contributed by atoms with E-state index >= 15 is 0 Å². The van der Waals surface area contributed by atoms with E-state index in [1.807, 2.05) is 36.1 Å². The number of anilines is 1. The molecule has 0 radical (unpaired) electrons. The lowest BCUT2D eigenvalue weighted by Gasteiger charge is -2.34. The van der Waals surface area contributed by atoms with Gasteiger partial charge in [-0.05, 0) is 42.7 Å². The van der Waals surface area contributed by atoms with E-state index in [0.29, 0.717) is 30.8 Å². The fourth-order valence-electron chi connectivity index (χ4n) is 4.46. The van der Waals surface area contributed by atoms with Crippen LogP contribution in [-0.2, 0) is 16.4 Å². The summed E-state index contributed by atoms with van der Waals surface area (Å²) in [5.74, 6) is 0.0211. The van der Waals surface area contributed by atoms with Gasteiger partial charge in [0.1, 0.15) is 0 Å². The largest absolute Gasteiger partial charge is 0.336 e. The molecule has 4 rings (SSSR count). The molecule has 0 aliphatic carbocycles. The molecule has 6 nitrogen and oxygen atoms in total. The van der Waals surface area contributed by atoms with Crippen LogP contribution in [-0.4, -0.2) is 69.1 Å². The molecule has 0 bridgehead atoms. The second kappa shape index (κ2) is 8.85. The third-order valence-corrected chi connectivity index (χ3v) is 7.24. The molecule has 7 heteroatoms. The van der Waals surface area contributed by atoms with Crippen molar-refractivity contribution in [3.8, 4) is 0 Å². The van der Waals surface area contributed by atoms with Gasteiger partial charge in [0.05, 0.1) is 11.9 Å². The van der Waals surface area contributed by atoms with Crippen LogP contribution in [0.4, 0.5) is 5.69 Å². The molecule has 0 spiro atoms. The minimum atomic E-state index is -3.32. The first-order chi connectivity index (χ1) is 14.8. The minimum absolute atomic E-state index is 0.0211. The Morgan fingerprint density at radius 3 is 2.45 bits per heavy atom. The van der Waals surface area contributed by atoms with E-state index in [9.17, 15) is 13.2 Å². The number of rotatable bonds is 5. The quantitative estimate of drug-likeness (QED) is 0.719. The molecule has 31 heavy (non-hydrogen) atoms. The molecule has 2 aromatic carbocycles. The van der Waals surface area contributed by atoms with Crippen LogP contribution in [0.15, 0.2) is 54.6 Å². The van der Waals surface area contributed by atoms with Crippen LogP contribution in [0.1, 0.15) is 28.4 Å². The summed E-state index contributed by atoms with van der Waals surface area (Å²) in [6.45, 7) is 5.84. The highest BCUT2D eigenvalue weighted by molar-refractivity contribution is 7.92. The molecule has 1 saturated heterocycles. The molecular formula is C24H29N3O3S. The number of hydrogen-bond acceptors (Lipinski definition) is 4. The summed E-state index contributed by atoms with van der Waals surface area (Å²) >= 11 is 0. The highest BCUT2D eigenvalue weighted by Gasteiger charge is 2.33. The average molecular weight is 440 g/mol. The molecular weight excluding hydrogens is 410 g/mol. The summed E-state index contributed by atoms with van der Waals surface area (Å²) < 4.78 is 25.7. The molecule has 2 heterocycles. The van der Waals surface area contributed by atoms with Crippen LogP contribution < -0.4 is 4.31 Å². The average Bonchev–Trinajstić information content (AvgIpc) is 3.09. The summed E-state index contributed by atoms with van der Waals surface area (Å²) in [4.78, 5) is 17.3. The Hall–Kier alpha value is -2.64. The topological polar surface area (TPSA) is 60.9 Å². The highest BCUT2D eigenvalue weighted by atomic mass is 32.2. The zero-order valence-electron chi connectivity index (χ0n) is 18.1. The summed E-state index contributed by atoms with van der Waals surface area (Å²) in [5, 5.41) is 0. The SMILES string of the molecule is CC1Cc2cc(C(=O)N3CCN(C/C=C/c4ccccc4)CC3)ccc2N1S(C)(=O)=O. The monoisotopic (exact) mass is 439 g/mol. The Bertz CT molecular complexity index is 1070. The van der Waals surface area contributed by atoms with E-state index in [2.05, 4.69) is 29.2 Å². The van der Waals surface area contributed by atoms with Crippen molar-refractivity contribution < 1.29 is 13.2 Å². The summed E-state index contributed by atoms with van der Waals surface area (Å²) in [6, 6.07) is 15.5. The van der Waals surface area contributed by atoms with E-state index in [0.717, 1.165) is 25.2 Å². The van der Waals surface area contributed by atoms with Gasteiger partial charge in [-0.15, -0.1) is 0 Å². The highest BCUT2D eigenvalue weighted by Crippen LogP contribution is 2.35. The van der Waals surface area contributed by atoms with Crippen LogP contribution in [0.3, 0.4) is 0 Å². The summed E-state index contributed by atoms with van der Waals surface area (Å²) in [5.41, 5.74) is 3.45. The van der Waals surface area contributed by atoms with Gasteiger partial charge in [-0.25, -0.2) is 8.42 Å². The Kier molecular flexibility index (Phi) is 6.16. The molecule has 1 fully saturated rings. The van der Waals surface area contributed by atoms with Gasteiger partial charge in [-0.3, -0.25) is 14.0 Å². The van der Waals surface area contributed by atoms with E-state index in [1.165, 1.54) is 16.1 Å². The third kappa shape index (κ3) is 4.83. The van der Waals surface area contributed by atoms with Crippen molar-refractivity contribution in [1.29, 1.82) is 0 Å². The maximum absolute atomic E-state index is 13.0. The maximum atomic E-state index is 13.0. The van der Waals surface area contributed by atoms with Crippen molar-refractivity contribution in [3.63, 3.8) is 0 Å². The standard InChI is InChI=1S/C24H29N3O3S/c1-19-17-22-18-21(10-11-23(22)27(19)31(2,29)30)24(28)26-15-13-25(14-16-26)12-6-9-20-7-4-3-5-8-20/h3-11,18-19H,12-17H2,1-2H3/b9-6+. The Labute approximate surface area is 184 Å². The van der Waals surface area contributed by atoms with Gasteiger partial charge in [0.2, 0.25) is 10.0 Å². The first-order valence-corrected chi connectivity index (χ1v) is 12.5. The van der Waals surface area contributed by atoms with E-state index in [1.54, 1.807) is 12.1 Å². The van der Waals surface area contributed by atoms with Crippen LogP contribution in [0.5, 0.6) is 0 Å². The first-order valence-electron chi connectivity index (χ1n) is 10.7. The zero-order valence-corrected chi connectivity index (χ0v) is 18.9. The van der Waals surface area contributed by atoms with Gasteiger partial charge >= 0.3 is 0 Å². The fraction of sp³-hybridized carbons (Fsp3) is 0.375. The zero-order chi connectivity index (χ0) is 22.0. The molecule has 1 amide bonds. The van der Waals surface area contributed by atoms with E-state index < -0.39 is 10.0 Å². The van der Waals surface area contributed by atoms with Crippen molar-refractivity contribution in [2.75, 3.05) is 43.3 Å². The molecule has 2 aromatic rings. The van der Waals surface area contributed by atoms with Gasteiger partial charge in [0, 0.05) is 44.3 Å². The summed E-state index contributed by atoms with van der Waals surface area (Å²) in [7, 11) is -3.32. The number of sulfonamides is 1. The number of carbonyl (C=O) groups excluding carboxylic acids is 1. The lowest BCUT2D eigenvalue weighted by Crippen LogP contribution is -2.48. The van der Waals surface area contributed by atoms with Crippen LogP contribution in [0, 0.1) is 0 Å². The molecule has 164 valence electrons. The summed E-state index contributed by atoms with van der Waals surface area (Å²) in [6.07, 6.45) is 6.15. The molecule has 0 saturated carbocycles. The number of hydrogen-bond donors (Lipinski definition) is 0. The van der Waals surface area contributed by atoms with Crippen molar-refractivity contribution >= 4 is 27.7 Å². The molecule has 2 aliphatic heterocycles. The molecule has 1 atom stereocenters. The number of amides is 1. The molecule has 2 aliphatic rings. The predicted octanol–water partition coefficient (Wildman–Crippen LogP) is 2.87. The van der Waals surface area contributed by atoms with Gasteiger partial charge in [0.15, 0.2) is 0 Å². The predicted molar refractivity (Wildman–Crippen MR) is 125 cm³/mol. The normalized spacial score (nSPS) is 19.7. The van der Waals surface area contributed by atoms with Crippen LogP contribution in [0.25, 0.3) is 6.08 Å². The lowest BCUT2D eigenvalue weighted by atomic mass is 10.1. The van der Waals surface area contributed by atoms with Gasteiger partial charge in [-0.1, -0.05) is 42.5 Å². The van der Waals surface area contributed by atoms with E-state index in [4.69, 9.17) is 0 Å². The molecule has 0 aromatic heterocycles. The van der Waals surface area contributed by atoms with Gasteiger partial charge in [-0.2, -0.15) is 0 Å². The number of carbonyl (C=O) groups is 1. The Morgan fingerprint density at radius 1 is 1.06 bits per heavy atom. The van der Waals surface area contributed by atoms with E-state index in [-0.39, 0.29) is 11.9 Å².